The highest BCUT2D eigenvalue weighted by molar-refractivity contribution is 7.22. The van der Waals surface area contributed by atoms with E-state index in [9.17, 15) is 4.79 Å². The summed E-state index contributed by atoms with van der Waals surface area (Å²) in [5.74, 6) is 0.703. The van der Waals surface area contributed by atoms with E-state index >= 15 is 0 Å². The van der Waals surface area contributed by atoms with Gasteiger partial charge in [-0.15, -0.1) is 0 Å². The van der Waals surface area contributed by atoms with Gasteiger partial charge in [0.05, 0.1) is 29.0 Å². The highest BCUT2D eigenvalue weighted by atomic mass is 32.1. The number of ether oxygens (including phenoxy) is 2. The van der Waals surface area contributed by atoms with Crippen molar-refractivity contribution in [2.24, 2.45) is 0 Å². The van der Waals surface area contributed by atoms with Crippen molar-refractivity contribution < 1.29 is 14.3 Å². The third-order valence-corrected chi connectivity index (χ3v) is 6.50. The molecule has 1 unspecified atom stereocenters. The fourth-order valence-corrected chi connectivity index (χ4v) is 4.83. The molecule has 1 aliphatic heterocycles. The monoisotopic (exact) mass is 424 g/mol. The van der Waals surface area contributed by atoms with Gasteiger partial charge < -0.3 is 9.47 Å². The van der Waals surface area contributed by atoms with Crippen LogP contribution in [-0.2, 0) is 4.74 Å². The Hall–Kier alpha value is -2.44. The predicted octanol–water partition coefficient (Wildman–Crippen LogP) is 5.53. The molecule has 2 aromatic carbocycles. The lowest BCUT2D eigenvalue weighted by Crippen LogP contribution is -2.37. The second-order valence-electron chi connectivity index (χ2n) is 8.12. The molecule has 0 spiro atoms. The number of benzene rings is 2. The van der Waals surface area contributed by atoms with Gasteiger partial charge in [0.25, 0.3) is 5.91 Å². The van der Waals surface area contributed by atoms with Crippen LogP contribution in [0.3, 0.4) is 0 Å². The van der Waals surface area contributed by atoms with Gasteiger partial charge in [0, 0.05) is 12.2 Å². The van der Waals surface area contributed by atoms with Crippen LogP contribution in [0.2, 0.25) is 0 Å². The summed E-state index contributed by atoms with van der Waals surface area (Å²) < 4.78 is 12.7. The third-order valence-electron chi connectivity index (χ3n) is 5.29. The molecule has 1 fully saturated rings. The number of carbonyl (C=O) groups is 1. The minimum Gasteiger partial charge on any atom is -0.491 e. The lowest BCUT2D eigenvalue weighted by atomic mass is 10.1. The van der Waals surface area contributed by atoms with E-state index in [2.05, 4.69) is 26.0 Å². The second-order valence-corrected chi connectivity index (χ2v) is 9.09. The van der Waals surface area contributed by atoms with Crippen LogP contribution in [0, 0.1) is 13.8 Å². The van der Waals surface area contributed by atoms with Gasteiger partial charge in [-0.3, -0.25) is 9.69 Å². The van der Waals surface area contributed by atoms with E-state index in [-0.39, 0.29) is 18.1 Å². The summed E-state index contributed by atoms with van der Waals surface area (Å²) in [7, 11) is 0. The molecule has 0 bridgehead atoms. The zero-order valence-corrected chi connectivity index (χ0v) is 18.8. The number of aryl methyl sites for hydroxylation is 2. The van der Waals surface area contributed by atoms with Crippen molar-refractivity contribution in [2.45, 2.75) is 52.7 Å². The summed E-state index contributed by atoms with van der Waals surface area (Å²) in [5, 5.41) is 0.727. The number of nitrogens with zero attached hydrogens (tertiary/aromatic N) is 2. The van der Waals surface area contributed by atoms with Crippen LogP contribution in [0.15, 0.2) is 36.4 Å². The Morgan fingerprint density at radius 2 is 1.93 bits per heavy atom. The largest absolute Gasteiger partial charge is 0.491 e. The van der Waals surface area contributed by atoms with Gasteiger partial charge in [0.1, 0.15) is 5.75 Å². The maximum Gasteiger partial charge on any atom is 0.260 e. The molecule has 158 valence electrons. The van der Waals surface area contributed by atoms with Gasteiger partial charge in [0.15, 0.2) is 5.13 Å². The van der Waals surface area contributed by atoms with E-state index in [1.165, 1.54) is 5.56 Å². The molecule has 1 amide bonds. The molecule has 1 aromatic heterocycles. The predicted molar refractivity (Wildman–Crippen MR) is 122 cm³/mol. The number of hydrogen-bond donors (Lipinski definition) is 0. The minimum absolute atomic E-state index is 0.0479. The van der Waals surface area contributed by atoms with Gasteiger partial charge in [0.2, 0.25) is 0 Å². The van der Waals surface area contributed by atoms with Crippen LogP contribution in [0.4, 0.5) is 5.13 Å². The zero-order chi connectivity index (χ0) is 21.3. The number of fused-ring (bicyclic) bond motifs is 1. The summed E-state index contributed by atoms with van der Waals surface area (Å²) in [6.45, 7) is 9.39. The summed E-state index contributed by atoms with van der Waals surface area (Å²) in [4.78, 5) is 20.2. The van der Waals surface area contributed by atoms with Gasteiger partial charge in [-0.05, 0) is 75.9 Å². The fraction of sp³-hybridized carbons (Fsp3) is 0.417. The molecule has 0 N–H and O–H groups in total. The molecule has 1 atom stereocenters. The number of thiazole rings is 1. The Bertz CT molecular complexity index is 998. The summed E-state index contributed by atoms with van der Waals surface area (Å²) >= 11 is 1.58. The fourth-order valence-electron chi connectivity index (χ4n) is 3.71. The van der Waals surface area contributed by atoms with E-state index in [1.54, 1.807) is 16.2 Å². The first-order valence-corrected chi connectivity index (χ1v) is 11.3. The van der Waals surface area contributed by atoms with Crippen LogP contribution >= 0.6 is 11.3 Å². The van der Waals surface area contributed by atoms with Crippen molar-refractivity contribution in [1.29, 1.82) is 0 Å². The van der Waals surface area contributed by atoms with Crippen molar-refractivity contribution in [3.8, 4) is 5.75 Å². The van der Waals surface area contributed by atoms with E-state index in [4.69, 9.17) is 14.5 Å². The van der Waals surface area contributed by atoms with Gasteiger partial charge >= 0.3 is 0 Å². The highest BCUT2D eigenvalue weighted by Gasteiger charge is 2.27. The zero-order valence-electron chi connectivity index (χ0n) is 18.0. The van der Waals surface area contributed by atoms with Crippen LogP contribution < -0.4 is 9.64 Å². The van der Waals surface area contributed by atoms with E-state index < -0.39 is 0 Å². The molecular formula is C24H28N2O3S. The molecule has 0 saturated carbocycles. The van der Waals surface area contributed by atoms with E-state index in [1.807, 2.05) is 38.1 Å². The van der Waals surface area contributed by atoms with Crippen LogP contribution in [0.25, 0.3) is 10.2 Å². The molecule has 4 rings (SSSR count). The Labute approximate surface area is 181 Å². The summed E-state index contributed by atoms with van der Waals surface area (Å²) in [5.41, 5.74) is 3.90. The average molecular weight is 425 g/mol. The maximum atomic E-state index is 13.5. The number of amides is 1. The first kappa shape index (κ1) is 20.8. The minimum atomic E-state index is -0.0593. The number of aromatic nitrogens is 1. The van der Waals surface area contributed by atoms with Crippen molar-refractivity contribution in [2.75, 3.05) is 18.1 Å². The molecule has 3 aromatic rings. The summed E-state index contributed by atoms with van der Waals surface area (Å²) in [6.07, 6.45) is 2.14. The van der Waals surface area contributed by atoms with Gasteiger partial charge in [-0.25, -0.2) is 4.98 Å². The third kappa shape index (κ3) is 4.35. The maximum absolute atomic E-state index is 13.5. The molecule has 30 heavy (non-hydrogen) atoms. The van der Waals surface area contributed by atoms with Crippen LogP contribution in [0.1, 0.15) is 48.2 Å². The van der Waals surface area contributed by atoms with Crippen LogP contribution in [0.5, 0.6) is 5.75 Å². The number of rotatable bonds is 6. The Kier molecular flexibility index (Phi) is 6.06. The standard InChI is InChI=1S/C24H28N2O3S/c1-15(2)29-19-11-9-18(10-12-19)23(27)26(14-20-6-5-13-28-20)24-25-21-16(3)7-8-17(4)22(21)30-24/h7-12,15,20H,5-6,13-14H2,1-4H3. The van der Waals surface area contributed by atoms with Gasteiger partial charge in [-0.2, -0.15) is 0 Å². The molecule has 0 radical (unpaired) electrons. The smallest absolute Gasteiger partial charge is 0.260 e. The lowest BCUT2D eigenvalue weighted by molar-refractivity contribution is 0.0917. The Morgan fingerprint density at radius 3 is 2.57 bits per heavy atom. The van der Waals surface area contributed by atoms with Crippen molar-refractivity contribution >= 4 is 32.6 Å². The number of anilines is 1. The van der Waals surface area contributed by atoms with Crippen molar-refractivity contribution in [3.05, 3.63) is 53.1 Å². The number of carbonyl (C=O) groups excluding carboxylic acids is 1. The van der Waals surface area contributed by atoms with Crippen molar-refractivity contribution in [3.63, 3.8) is 0 Å². The first-order valence-electron chi connectivity index (χ1n) is 10.5. The average Bonchev–Trinajstić information content (AvgIpc) is 3.39. The SMILES string of the molecule is Cc1ccc(C)c2sc(N(CC3CCCO3)C(=O)c3ccc(OC(C)C)cc3)nc12. The topological polar surface area (TPSA) is 51.7 Å². The molecule has 0 aliphatic carbocycles. The Balaban J connectivity index is 1.68. The first-order chi connectivity index (χ1) is 14.4. The van der Waals surface area contributed by atoms with Gasteiger partial charge in [-0.1, -0.05) is 23.5 Å². The lowest BCUT2D eigenvalue weighted by Gasteiger charge is -2.23. The molecule has 2 heterocycles. The van der Waals surface area contributed by atoms with Crippen molar-refractivity contribution in [1.82, 2.24) is 4.98 Å². The molecule has 1 saturated heterocycles. The van der Waals surface area contributed by atoms with Crippen LogP contribution in [-0.4, -0.2) is 36.3 Å². The molecule has 1 aliphatic rings. The second kappa shape index (κ2) is 8.74. The normalized spacial score (nSPS) is 16.4. The number of hydrogen-bond acceptors (Lipinski definition) is 5. The van der Waals surface area contributed by atoms with E-state index in [0.717, 1.165) is 46.1 Å². The quantitative estimate of drug-likeness (QED) is 0.522. The molecule has 5 nitrogen and oxygen atoms in total. The van der Waals surface area contributed by atoms with E-state index in [0.29, 0.717) is 12.1 Å². The summed E-state index contributed by atoms with van der Waals surface area (Å²) in [6, 6.07) is 11.5. The molecule has 6 heteroatoms. The molecular weight excluding hydrogens is 396 g/mol. The highest BCUT2D eigenvalue weighted by Crippen LogP contribution is 2.34. The Morgan fingerprint density at radius 1 is 1.20 bits per heavy atom.